The van der Waals surface area contributed by atoms with Crippen LogP contribution >= 0.6 is 0 Å². The van der Waals surface area contributed by atoms with Crippen LogP contribution in [0.2, 0.25) is 0 Å². The van der Waals surface area contributed by atoms with Crippen molar-refractivity contribution in [3.05, 3.63) is 59.2 Å². The van der Waals surface area contributed by atoms with Gasteiger partial charge in [0.2, 0.25) is 0 Å². The van der Waals surface area contributed by atoms with Crippen LogP contribution in [0.25, 0.3) is 0 Å². The molecule has 2 aromatic rings. The molecule has 2 nitrogen and oxygen atoms in total. The van der Waals surface area contributed by atoms with E-state index in [0.29, 0.717) is 17.8 Å². The summed E-state index contributed by atoms with van der Waals surface area (Å²) in [7, 11) is 0. The summed E-state index contributed by atoms with van der Waals surface area (Å²) in [5.41, 5.74) is 7.69. The summed E-state index contributed by atoms with van der Waals surface area (Å²) in [4.78, 5) is 0. The summed E-state index contributed by atoms with van der Waals surface area (Å²) in [5, 5.41) is 3.06. The minimum atomic E-state index is -0.449. The van der Waals surface area contributed by atoms with E-state index in [0.717, 1.165) is 5.56 Å². The highest BCUT2D eigenvalue weighted by molar-refractivity contribution is 5.52. The van der Waals surface area contributed by atoms with Crippen molar-refractivity contribution in [2.45, 2.75) is 13.5 Å². The highest BCUT2D eigenvalue weighted by Crippen LogP contribution is 2.17. The first kappa shape index (κ1) is 12.4. The summed E-state index contributed by atoms with van der Waals surface area (Å²) in [5.74, 6) is -0.674. The maximum absolute atomic E-state index is 13.2. The molecule has 0 aliphatic rings. The smallest absolute Gasteiger partial charge is 0.148 e. The minimum Gasteiger partial charge on any atom is -0.396 e. The van der Waals surface area contributed by atoms with Crippen molar-refractivity contribution in [1.82, 2.24) is 0 Å². The Balaban J connectivity index is 2.06. The first-order valence-electron chi connectivity index (χ1n) is 5.60. The molecule has 0 saturated heterocycles. The van der Waals surface area contributed by atoms with Crippen LogP contribution in [0.5, 0.6) is 0 Å². The van der Waals surface area contributed by atoms with Gasteiger partial charge in [-0.3, -0.25) is 0 Å². The van der Waals surface area contributed by atoms with Gasteiger partial charge in [-0.25, -0.2) is 8.78 Å². The van der Waals surface area contributed by atoms with Crippen molar-refractivity contribution in [2.75, 3.05) is 11.1 Å². The lowest BCUT2D eigenvalue weighted by molar-refractivity contribution is 0.617. The van der Waals surface area contributed by atoms with Crippen LogP contribution in [0.1, 0.15) is 11.1 Å². The largest absolute Gasteiger partial charge is 0.396 e. The summed E-state index contributed by atoms with van der Waals surface area (Å²) in [6.07, 6.45) is 0. The third-order valence-corrected chi connectivity index (χ3v) is 2.72. The van der Waals surface area contributed by atoms with Gasteiger partial charge in [0, 0.05) is 12.2 Å². The molecule has 4 heteroatoms. The van der Waals surface area contributed by atoms with Gasteiger partial charge in [0.1, 0.15) is 11.6 Å². The predicted molar refractivity (Wildman–Crippen MR) is 69.3 cm³/mol. The van der Waals surface area contributed by atoms with Gasteiger partial charge in [-0.1, -0.05) is 12.1 Å². The first-order chi connectivity index (χ1) is 8.56. The van der Waals surface area contributed by atoms with Crippen molar-refractivity contribution in [2.24, 2.45) is 0 Å². The molecule has 0 aromatic heterocycles. The number of aryl methyl sites for hydroxylation is 1. The molecular weight excluding hydrogens is 234 g/mol. The van der Waals surface area contributed by atoms with E-state index in [1.807, 2.05) is 0 Å². The number of hydrogen-bond acceptors (Lipinski definition) is 2. The summed E-state index contributed by atoms with van der Waals surface area (Å²) in [6.45, 7) is 2.21. The number of anilines is 2. The van der Waals surface area contributed by atoms with E-state index >= 15 is 0 Å². The Morgan fingerprint density at radius 3 is 2.50 bits per heavy atom. The average Bonchev–Trinajstić information content (AvgIpc) is 2.35. The third kappa shape index (κ3) is 2.77. The number of halogens is 2. The molecule has 94 valence electrons. The van der Waals surface area contributed by atoms with E-state index in [1.54, 1.807) is 25.1 Å². The number of hydrogen-bond donors (Lipinski definition) is 2. The normalized spacial score (nSPS) is 10.4. The lowest BCUT2D eigenvalue weighted by Gasteiger charge is -2.08. The highest BCUT2D eigenvalue weighted by Gasteiger charge is 2.01. The number of nitrogen functional groups attached to an aromatic ring is 1. The summed E-state index contributed by atoms with van der Waals surface area (Å²) in [6, 6.07) is 9.43. The molecule has 0 bridgehead atoms. The summed E-state index contributed by atoms with van der Waals surface area (Å²) >= 11 is 0. The Kier molecular flexibility index (Phi) is 3.46. The van der Waals surface area contributed by atoms with Crippen LogP contribution in [0.15, 0.2) is 36.4 Å². The van der Waals surface area contributed by atoms with E-state index in [2.05, 4.69) is 5.32 Å². The molecule has 0 aliphatic heterocycles. The Hall–Kier alpha value is -2.10. The molecule has 0 amide bonds. The van der Waals surface area contributed by atoms with Crippen molar-refractivity contribution < 1.29 is 8.78 Å². The molecule has 2 rings (SSSR count). The molecule has 0 aliphatic carbocycles. The quantitative estimate of drug-likeness (QED) is 0.816. The maximum Gasteiger partial charge on any atom is 0.148 e. The molecule has 0 unspecified atom stereocenters. The van der Waals surface area contributed by atoms with Crippen LogP contribution in [0.4, 0.5) is 20.2 Å². The van der Waals surface area contributed by atoms with Gasteiger partial charge in [-0.2, -0.15) is 0 Å². The minimum absolute atomic E-state index is 0.123. The fourth-order valence-corrected chi connectivity index (χ4v) is 1.66. The SMILES string of the molecule is Cc1cc(CNc2ccc(N)c(F)c2)ccc1F. The monoisotopic (exact) mass is 248 g/mol. The number of rotatable bonds is 3. The zero-order valence-corrected chi connectivity index (χ0v) is 10.0. The fraction of sp³-hybridized carbons (Fsp3) is 0.143. The van der Waals surface area contributed by atoms with E-state index in [-0.39, 0.29) is 11.5 Å². The summed E-state index contributed by atoms with van der Waals surface area (Å²) < 4.78 is 26.3. The third-order valence-electron chi connectivity index (χ3n) is 2.72. The topological polar surface area (TPSA) is 38.0 Å². The Morgan fingerprint density at radius 2 is 1.83 bits per heavy atom. The van der Waals surface area contributed by atoms with Gasteiger partial charge in [-0.05, 0) is 42.3 Å². The van der Waals surface area contributed by atoms with Gasteiger partial charge in [0.05, 0.1) is 5.69 Å². The molecule has 0 radical (unpaired) electrons. The van der Waals surface area contributed by atoms with E-state index in [4.69, 9.17) is 5.73 Å². The van der Waals surface area contributed by atoms with Crippen LogP contribution in [0, 0.1) is 18.6 Å². The first-order valence-corrected chi connectivity index (χ1v) is 5.60. The second-order valence-corrected chi connectivity index (χ2v) is 4.17. The van der Waals surface area contributed by atoms with E-state index < -0.39 is 5.82 Å². The van der Waals surface area contributed by atoms with Crippen molar-refractivity contribution in [1.29, 1.82) is 0 Å². The lowest BCUT2D eigenvalue weighted by Crippen LogP contribution is -2.01. The van der Waals surface area contributed by atoms with Crippen LogP contribution < -0.4 is 11.1 Å². The highest BCUT2D eigenvalue weighted by atomic mass is 19.1. The van der Waals surface area contributed by atoms with Gasteiger partial charge in [-0.15, -0.1) is 0 Å². The predicted octanol–water partition coefficient (Wildman–Crippen LogP) is 3.47. The molecule has 0 atom stereocenters. The van der Waals surface area contributed by atoms with Crippen molar-refractivity contribution in [3.63, 3.8) is 0 Å². The van der Waals surface area contributed by atoms with Crippen LogP contribution in [-0.4, -0.2) is 0 Å². The molecule has 3 N–H and O–H groups in total. The zero-order chi connectivity index (χ0) is 13.1. The van der Waals surface area contributed by atoms with Crippen molar-refractivity contribution >= 4 is 11.4 Å². The number of benzene rings is 2. The Morgan fingerprint density at radius 1 is 1.06 bits per heavy atom. The second-order valence-electron chi connectivity index (χ2n) is 4.17. The van der Waals surface area contributed by atoms with Gasteiger partial charge >= 0.3 is 0 Å². The number of nitrogens with two attached hydrogens (primary N) is 1. The van der Waals surface area contributed by atoms with Gasteiger partial charge in [0.15, 0.2) is 0 Å². The number of nitrogens with one attached hydrogen (secondary N) is 1. The molecule has 18 heavy (non-hydrogen) atoms. The Labute approximate surface area is 104 Å². The Bertz CT molecular complexity index is 516. The maximum atomic E-state index is 13.2. The van der Waals surface area contributed by atoms with Gasteiger partial charge < -0.3 is 11.1 Å². The molecule has 0 heterocycles. The second kappa shape index (κ2) is 5.04. The van der Waals surface area contributed by atoms with Crippen LogP contribution in [-0.2, 0) is 6.54 Å². The van der Waals surface area contributed by atoms with Crippen molar-refractivity contribution in [3.8, 4) is 0 Å². The standard InChI is InChI=1S/C14H14F2N2/c1-9-6-10(2-4-12(9)15)8-18-11-3-5-14(17)13(16)7-11/h2-7,18H,8,17H2,1H3. The zero-order valence-electron chi connectivity index (χ0n) is 10.0. The van der Waals surface area contributed by atoms with Gasteiger partial charge in [0.25, 0.3) is 0 Å². The van der Waals surface area contributed by atoms with E-state index in [1.165, 1.54) is 18.2 Å². The van der Waals surface area contributed by atoms with E-state index in [9.17, 15) is 8.78 Å². The molecule has 2 aromatic carbocycles. The lowest BCUT2D eigenvalue weighted by atomic mass is 10.1. The molecular formula is C14H14F2N2. The van der Waals surface area contributed by atoms with Crippen LogP contribution in [0.3, 0.4) is 0 Å². The molecule has 0 spiro atoms. The molecule has 0 saturated carbocycles. The molecule has 0 fully saturated rings. The average molecular weight is 248 g/mol. The fourth-order valence-electron chi connectivity index (χ4n) is 1.66.